The van der Waals surface area contributed by atoms with Crippen LogP contribution in [0.1, 0.15) is 41.8 Å². The van der Waals surface area contributed by atoms with Gasteiger partial charge in [-0.15, -0.1) is 11.3 Å². The van der Waals surface area contributed by atoms with E-state index in [1.165, 1.54) is 16.2 Å². The second-order valence-electron chi connectivity index (χ2n) is 7.66. The Hall–Kier alpha value is -2.99. The number of carbonyl (C=O) groups is 3. The lowest BCUT2D eigenvalue weighted by molar-refractivity contribution is -0.126. The summed E-state index contributed by atoms with van der Waals surface area (Å²) >= 11 is 1.43. The average Bonchev–Trinajstić information content (AvgIpc) is 3.23. The number of fused-ring (bicyclic) bond motifs is 1. The van der Waals surface area contributed by atoms with E-state index < -0.39 is 5.54 Å². The maximum atomic E-state index is 13.7. The maximum Gasteiger partial charge on any atom is 0.262 e. The normalized spacial score (nSPS) is 15.5. The van der Waals surface area contributed by atoms with E-state index in [-0.39, 0.29) is 18.4 Å². The van der Waals surface area contributed by atoms with Crippen molar-refractivity contribution in [2.45, 2.75) is 37.6 Å². The summed E-state index contributed by atoms with van der Waals surface area (Å²) in [4.78, 5) is 40.3. The number of nitrogens with one attached hydrogen (secondary N) is 1. The molecular formula is C24H24N2O3S. The van der Waals surface area contributed by atoms with Crippen LogP contribution in [0, 0.1) is 0 Å². The molecule has 0 spiro atoms. The highest BCUT2D eigenvalue weighted by atomic mass is 32.1. The number of amides is 2. The standard InChI is InChI=1S/C24H24N2O3S/c27-16-15-26(19-10-3-1-4-11-19)23(29)24(13-7-2-8-14-24)25-22(28)21-17-18-9-5-6-12-20(18)30-21/h1,3-6,9-12,16-17H,2,7-8,13-15H2,(H,25,28). The molecule has 5 nitrogen and oxygen atoms in total. The van der Waals surface area contributed by atoms with E-state index in [1.54, 1.807) is 0 Å². The molecule has 1 heterocycles. The number of hydrogen-bond acceptors (Lipinski definition) is 4. The van der Waals surface area contributed by atoms with Crippen molar-refractivity contribution in [2.75, 3.05) is 11.4 Å². The summed E-state index contributed by atoms with van der Waals surface area (Å²) in [7, 11) is 0. The summed E-state index contributed by atoms with van der Waals surface area (Å²) in [6, 6.07) is 18.9. The lowest BCUT2D eigenvalue weighted by atomic mass is 9.80. The van der Waals surface area contributed by atoms with Crippen LogP contribution in [-0.4, -0.2) is 30.2 Å². The summed E-state index contributed by atoms with van der Waals surface area (Å²) < 4.78 is 1.04. The molecule has 1 N–H and O–H groups in total. The molecular weight excluding hydrogens is 396 g/mol. The van der Waals surface area contributed by atoms with Gasteiger partial charge < -0.3 is 15.0 Å². The van der Waals surface area contributed by atoms with Crippen molar-refractivity contribution in [3.63, 3.8) is 0 Å². The van der Waals surface area contributed by atoms with Gasteiger partial charge in [0.2, 0.25) is 0 Å². The van der Waals surface area contributed by atoms with E-state index in [4.69, 9.17) is 0 Å². The van der Waals surface area contributed by atoms with E-state index in [9.17, 15) is 14.4 Å². The summed E-state index contributed by atoms with van der Waals surface area (Å²) in [6.45, 7) is -0.0383. The molecule has 1 saturated carbocycles. The third kappa shape index (κ3) is 4.00. The Bertz CT molecular complexity index is 1020. The predicted octanol–water partition coefficient (Wildman–Crippen LogP) is 4.57. The molecule has 0 atom stereocenters. The topological polar surface area (TPSA) is 66.5 Å². The molecule has 1 aliphatic carbocycles. The number of anilines is 1. The molecule has 4 rings (SSSR count). The smallest absolute Gasteiger partial charge is 0.262 e. The van der Waals surface area contributed by atoms with Gasteiger partial charge in [-0.05, 0) is 42.5 Å². The van der Waals surface area contributed by atoms with Crippen molar-refractivity contribution >= 4 is 45.2 Å². The van der Waals surface area contributed by atoms with Gasteiger partial charge in [0.1, 0.15) is 11.8 Å². The maximum absolute atomic E-state index is 13.7. The minimum atomic E-state index is -0.996. The molecule has 1 fully saturated rings. The molecule has 0 radical (unpaired) electrons. The van der Waals surface area contributed by atoms with E-state index >= 15 is 0 Å². The summed E-state index contributed by atoms with van der Waals surface area (Å²) in [5.41, 5.74) is -0.333. The third-order valence-electron chi connectivity index (χ3n) is 5.69. The zero-order chi connectivity index (χ0) is 21.0. The molecule has 2 amide bonds. The van der Waals surface area contributed by atoms with Gasteiger partial charge in [-0.25, -0.2) is 0 Å². The van der Waals surface area contributed by atoms with Crippen LogP contribution in [0.3, 0.4) is 0 Å². The minimum Gasteiger partial charge on any atom is -0.337 e. The zero-order valence-electron chi connectivity index (χ0n) is 16.7. The fourth-order valence-electron chi connectivity index (χ4n) is 4.17. The molecule has 0 bridgehead atoms. The Labute approximate surface area is 179 Å². The molecule has 3 aromatic rings. The third-order valence-corrected chi connectivity index (χ3v) is 6.80. The summed E-state index contributed by atoms with van der Waals surface area (Å²) in [5, 5.41) is 4.10. The number of para-hydroxylation sites is 1. The molecule has 154 valence electrons. The quantitative estimate of drug-likeness (QED) is 0.594. The zero-order valence-corrected chi connectivity index (χ0v) is 17.5. The second-order valence-corrected chi connectivity index (χ2v) is 8.75. The molecule has 0 saturated heterocycles. The second kappa shape index (κ2) is 8.79. The monoisotopic (exact) mass is 420 g/mol. The fourth-order valence-corrected chi connectivity index (χ4v) is 5.12. The highest BCUT2D eigenvalue weighted by Gasteiger charge is 2.44. The van der Waals surface area contributed by atoms with Crippen LogP contribution in [0.4, 0.5) is 5.69 Å². The van der Waals surface area contributed by atoms with Crippen LogP contribution < -0.4 is 10.2 Å². The first-order chi connectivity index (χ1) is 14.6. The van der Waals surface area contributed by atoms with Gasteiger partial charge in [-0.2, -0.15) is 0 Å². The van der Waals surface area contributed by atoms with Crippen molar-refractivity contribution in [3.05, 3.63) is 65.5 Å². The lowest BCUT2D eigenvalue weighted by Gasteiger charge is -2.40. The Kier molecular flexibility index (Phi) is 5.95. The van der Waals surface area contributed by atoms with Gasteiger partial charge >= 0.3 is 0 Å². The van der Waals surface area contributed by atoms with E-state index in [0.717, 1.165) is 35.6 Å². The highest BCUT2D eigenvalue weighted by Crippen LogP contribution is 2.33. The van der Waals surface area contributed by atoms with Crippen LogP contribution >= 0.6 is 11.3 Å². The van der Waals surface area contributed by atoms with Gasteiger partial charge in [0.15, 0.2) is 0 Å². The first kappa shape index (κ1) is 20.3. The van der Waals surface area contributed by atoms with E-state index in [0.29, 0.717) is 23.4 Å². The molecule has 6 heteroatoms. The molecule has 1 aliphatic rings. The van der Waals surface area contributed by atoms with Gasteiger partial charge in [0.05, 0.1) is 11.4 Å². The van der Waals surface area contributed by atoms with E-state index in [2.05, 4.69) is 5.32 Å². The van der Waals surface area contributed by atoms with Crippen molar-refractivity contribution in [2.24, 2.45) is 0 Å². The largest absolute Gasteiger partial charge is 0.337 e. The molecule has 2 aromatic carbocycles. The lowest BCUT2D eigenvalue weighted by Crippen LogP contribution is -2.61. The Morgan fingerprint density at radius 1 is 1.00 bits per heavy atom. The predicted molar refractivity (Wildman–Crippen MR) is 120 cm³/mol. The van der Waals surface area contributed by atoms with Gasteiger partial charge in [0.25, 0.3) is 11.8 Å². The van der Waals surface area contributed by atoms with Gasteiger partial charge in [-0.1, -0.05) is 55.7 Å². The Morgan fingerprint density at radius 3 is 2.40 bits per heavy atom. The first-order valence-electron chi connectivity index (χ1n) is 10.2. The highest BCUT2D eigenvalue weighted by molar-refractivity contribution is 7.20. The average molecular weight is 421 g/mol. The minimum absolute atomic E-state index is 0.0383. The number of hydrogen-bond donors (Lipinski definition) is 1. The van der Waals surface area contributed by atoms with E-state index in [1.807, 2.05) is 60.7 Å². The van der Waals surface area contributed by atoms with Crippen LogP contribution in [-0.2, 0) is 9.59 Å². The summed E-state index contributed by atoms with van der Waals surface area (Å²) in [6.07, 6.45) is 4.64. The number of rotatable bonds is 6. The molecule has 0 aliphatic heterocycles. The van der Waals surface area contributed by atoms with Crippen LogP contribution in [0.25, 0.3) is 10.1 Å². The number of carbonyl (C=O) groups excluding carboxylic acids is 3. The Balaban J connectivity index is 1.65. The van der Waals surface area contributed by atoms with Crippen LogP contribution in [0.15, 0.2) is 60.7 Å². The number of nitrogens with zero attached hydrogens (tertiary/aromatic N) is 1. The first-order valence-corrected chi connectivity index (χ1v) is 11.1. The molecule has 1 aromatic heterocycles. The van der Waals surface area contributed by atoms with Crippen molar-refractivity contribution < 1.29 is 14.4 Å². The van der Waals surface area contributed by atoms with Crippen LogP contribution in [0.2, 0.25) is 0 Å². The molecule has 30 heavy (non-hydrogen) atoms. The SMILES string of the molecule is O=CCN(C(=O)C1(NC(=O)c2cc3ccccc3s2)CCCCC1)c1ccccc1. The van der Waals surface area contributed by atoms with Crippen molar-refractivity contribution in [1.29, 1.82) is 0 Å². The van der Waals surface area contributed by atoms with Gasteiger partial charge in [-0.3, -0.25) is 9.59 Å². The number of benzene rings is 2. The summed E-state index contributed by atoms with van der Waals surface area (Å²) in [5.74, 6) is -0.444. The van der Waals surface area contributed by atoms with Gasteiger partial charge in [0, 0.05) is 10.4 Å². The molecule has 0 unspecified atom stereocenters. The fraction of sp³-hybridized carbons (Fsp3) is 0.292. The number of thiophene rings is 1. The Morgan fingerprint density at radius 2 is 1.70 bits per heavy atom. The van der Waals surface area contributed by atoms with Crippen LogP contribution in [0.5, 0.6) is 0 Å². The van der Waals surface area contributed by atoms with Crippen molar-refractivity contribution in [3.8, 4) is 0 Å². The number of aldehydes is 1. The van der Waals surface area contributed by atoms with Crippen molar-refractivity contribution in [1.82, 2.24) is 5.32 Å².